The number of sulfonamides is 1. The summed E-state index contributed by atoms with van der Waals surface area (Å²) in [5, 5.41) is 2.45. The molecular formula is C11H19N3O4S. The summed E-state index contributed by atoms with van der Waals surface area (Å²) in [6.45, 7) is 2.56. The average Bonchev–Trinajstić information content (AvgIpc) is 2.94. The molecule has 0 spiro atoms. The highest BCUT2D eigenvalue weighted by Crippen LogP contribution is 2.21. The summed E-state index contributed by atoms with van der Waals surface area (Å²) in [4.78, 5) is 24.3. The normalized spacial score (nSPS) is 25.1. The Labute approximate surface area is 113 Å². The number of nitrogens with one attached hydrogen (secondary N) is 1. The summed E-state index contributed by atoms with van der Waals surface area (Å²) in [7, 11) is -3.26. The van der Waals surface area contributed by atoms with Gasteiger partial charge in [0, 0.05) is 13.1 Å². The van der Waals surface area contributed by atoms with E-state index in [4.69, 9.17) is 0 Å². The Balaban J connectivity index is 2.00. The summed E-state index contributed by atoms with van der Waals surface area (Å²) >= 11 is 0. The number of carbonyl (C=O) groups excluding carboxylic acids is 2. The molecule has 0 saturated carbocycles. The number of rotatable bonds is 5. The van der Waals surface area contributed by atoms with Gasteiger partial charge in [-0.1, -0.05) is 13.3 Å². The van der Waals surface area contributed by atoms with Crippen LogP contribution in [0, 0.1) is 0 Å². The topological polar surface area (TPSA) is 86.8 Å². The SMILES string of the molecule is CCCCS(=O)(=O)N1CCC(N2C(=O)CNC2=O)C1. The number of amides is 3. The summed E-state index contributed by atoms with van der Waals surface area (Å²) in [6, 6.07) is -0.741. The number of urea groups is 1. The van der Waals surface area contributed by atoms with Gasteiger partial charge in [0.25, 0.3) is 0 Å². The second-order valence-corrected chi connectivity index (χ2v) is 6.98. The highest BCUT2D eigenvalue weighted by molar-refractivity contribution is 7.89. The van der Waals surface area contributed by atoms with Crippen LogP contribution in [0.25, 0.3) is 0 Å². The smallest absolute Gasteiger partial charge is 0.324 e. The first-order valence-corrected chi connectivity index (χ1v) is 8.14. The van der Waals surface area contributed by atoms with Gasteiger partial charge in [0.2, 0.25) is 15.9 Å². The lowest BCUT2D eigenvalue weighted by Gasteiger charge is -2.21. The Morgan fingerprint density at radius 3 is 2.68 bits per heavy atom. The van der Waals surface area contributed by atoms with Gasteiger partial charge in [0.05, 0.1) is 18.3 Å². The third kappa shape index (κ3) is 2.89. The van der Waals surface area contributed by atoms with Crippen LogP contribution in [0.2, 0.25) is 0 Å². The monoisotopic (exact) mass is 289 g/mol. The van der Waals surface area contributed by atoms with Gasteiger partial charge in [0.1, 0.15) is 0 Å². The predicted molar refractivity (Wildman–Crippen MR) is 68.9 cm³/mol. The fraction of sp³-hybridized carbons (Fsp3) is 0.818. The molecule has 0 aliphatic carbocycles. The van der Waals surface area contributed by atoms with Crippen LogP contribution in [0.1, 0.15) is 26.2 Å². The summed E-state index contributed by atoms with van der Waals surface area (Å²) in [5.41, 5.74) is 0. The molecular weight excluding hydrogens is 270 g/mol. The van der Waals surface area contributed by atoms with E-state index in [0.717, 1.165) is 11.3 Å². The van der Waals surface area contributed by atoms with Crippen molar-refractivity contribution in [1.82, 2.24) is 14.5 Å². The molecule has 0 bridgehead atoms. The molecule has 0 radical (unpaired) electrons. The summed E-state index contributed by atoms with van der Waals surface area (Å²) < 4.78 is 25.5. The molecule has 0 aromatic carbocycles. The van der Waals surface area contributed by atoms with Gasteiger partial charge in [-0.3, -0.25) is 9.69 Å². The number of imide groups is 1. The van der Waals surface area contributed by atoms with E-state index in [1.54, 1.807) is 0 Å². The maximum atomic E-state index is 12.0. The van der Waals surface area contributed by atoms with Crippen molar-refractivity contribution in [2.45, 2.75) is 32.2 Å². The first-order chi connectivity index (χ1) is 8.95. The lowest BCUT2D eigenvalue weighted by Crippen LogP contribution is -2.43. The number of hydrogen-bond donors (Lipinski definition) is 1. The van der Waals surface area contributed by atoms with Gasteiger partial charge in [0.15, 0.2) is 0 Å². The van der Waals surface area contributed by atoms with Crippen molar-refractivity contribution in [3.63, 3.8) is 0 Å². The van der Waals surface area contributed by atoms with Crippen LogP contribution >= 0.6 is 0 Å². The van der Waals surface area contributed by atoms with Crippen molar-refractivity contribution in [2.24, 2.45) is 0 Å². The quantitative estimate of drug-likeness (QED) is 0.707. The fourth-order valence-electron chi connectivity index (χ4n) is 2.43. The van der Waals surface area contributed by atoms with E-state index >= 15 is 0 Å². The number of carbonyl (C=O) groups is 2. The number of nitrogens with zero attached hydrogens (tertiary/aromatic N) is 2. The van der Waals surface area contributed by atoms with Crippen molar-refractivity contribution in [3.8, 4) is 0 Å². The molecule has 0 aromatic heterocycles. The van der Waals surface area contributed by atoms with E-state index in [-0.39, 0.29) is 30.8 Å². The third-order valence-corrected chi connectivity index (χ3v) is 5.44. The van der Waals surface area contributed by atoms with Crippen molar-refractivity contribution < 1.29 is 18.0 Å². The highest BCUT2D eigenvalue weighted by Gasteiger charge is 2.41. The third-order valence-electron chi connectivity index (χ3n) is 3.52. The molecule has 2 rings (SSSR count). The first kappa shape index (κ1) is 14.3. The zero-order valence-electron chi connectivity index (χ0n) is 11.0. The van der Waals surface area contributed by atoms with E-state index in [9.17, 15) is 18.0 Å². The Hall–Kier alpha value is -1.15. The molecule has 108 valence electrons. The standard InChI is InChI=1S/C11H19N3O4S/c1-2-3-6-19(17,18)13-5-4-9(8-13)14-10(15)7-12-11(14)16/h9H,2-8H2,1H3,(H,12,16). The molecule has 1 unspecified atom stereocenters. The molecule has 2 fully saturated rings. The van der Waals surface area contributed by atoms with Crippen molar-refractivity contribution >= 4 is 22.0 Å². The second kappa shape index (κ2) is 5.46. The van der Waals surface area contributed by atoms with Crippen LogP contribution in [-0.4, -0.2) is 61.0 Å². The van der Waals surface area contributed by atoms with E-state index in [1.807, 2.05) is 6.92 Å². The molecule has 2 heterocycles. The van der Waals surface area contributed by atoms with Crippen molar-refractivity contribution in [3.05, 3.63) is 0 Å². The molecule has 1 atom stereocenters. The largest absolute Gasteiger partial charge is 0.329 e. The predicted octanol–water partition coefficient (Wildman–Crippen LogP) is -0.258. The fourth-order valence-corrected chi connectivity index (χ4v) is 4.13. The number of unbranched alkanes of at least 4 members (excludes halogenated alkanes) is 1. The summed E-state index contributed by atoms with van der Waals surface area (Å²) in [6.07, 6.45) is 1.97. The van der Waals surface area contributed by atoms with Crippen molar-refractivity contribution in [2.75, 3.05) is 25.4 Å². The lowest BCUT2D eigenvalue weighted by atomic mass is 10.2. The zero-order valence-corrected chi connectivity index (χ0v) is 11.8. The van der Waals surface area contributed by atoms with Crippen LogP contribution < -0.4 is 5.32 Å². The lowest BCUT2D eigenvalue weighted by molar-refractivity contribution is -0.126. The maximum Gasteiger partial charge on any atom is 0.324 e. The Bertz CT molecular complexity index is 460. The van der Waals surface area contributed by atoms with Gasteiger partial charge >= 0.3 is 6.03 Å². The Kier molecular flexibility index (Phi) is 4.10. The van der Waals surface area contributed by atoms with Gasteiger partial charge < -0.3 is 5.32 Å². The van der Waals surface area contributed by atoms with Crippen LogP contribution in [-0.2, 0) is 14.8 Å². The van der Waals surface area contributed by atoms with E-state index < -0.39 is 16.1 Å². The molecule has 3 amide bonds. The van der Waals surface area contributed by atoms with Gasteiger partial charge in [-0.05, 0) is 12.8 Å². The minimum atomic E-state index is -3.26. The molecule has 1 N–H and O–H groups in total. The van der Waals surface area contributed by atoms with E-state index in [2.05, 4.69) is 5.32 Å². The van der Waals surface area contributed by atoms with Gasteiger partial charge in [-0.2, -0.15) is 4.31 Å². The van der Waals surface area contributed by atoms with E-state index in [0.29, 0.717) is 19.4 Å². The van der Waals surface area contributed by atoms with Crippen LogP contribution in [0.3, 0.4) is 0 Å². The van der Waals surface area contributed by atoms with Crippen LogP contribution in [0.4, 0.5) is 4.79 Å². The van der Waals surface area contributed by atoms with Gasteiger partial charge in [-0.25, -0.2) is 13.2 Å². The molecule has 8 heteroatoms. The minimum absolute atomic E-state index is 0.0118. The summed E-state index contributed by atoms with van der Waals surface area (Å²) in [5.74, 6) is -0.140. The first-order valence-electron chi connectivity index (χ1n) is 6.53. The van der Waals surface area contributed by atoms with Crippen molar-refractivity contribution in [1.29, 1.82) is 0 Å². The molecule has 2 aliphatic heterocycles. The van der Waals surface area contributed by atoms with Crippen LogP contribution in [0.15, 0.2) is 0 Å². The Morgan fingerprint density at radius 2 is 2.11 bits per heavy atom. The average molecular weight is 289 g/mol. The molecule has 19 heavy (non-hydrogen) atoms. The molecule has 2 saturated heterocycles. The molecule has 2 aliphatic rings. The van der Waals surface area contributed by atoms with Gasteiger partial charge in [-0.15, -0.1) is 0 Å². The Morgan fingerprint density at radius 1 is 1.37 bits per heavy atom. The number of hydrogen-bond acceptors (Lipinski definition) is 4. The maximum absolute atomic E-state index is 12.0. The molecule has 7 nitrogen and oxygen atoms in total. The van der Waals surface area contributed by atoms with E-state index in [1.165, 1.54) is 4.31 Å². The highest BCUT2D eigenvalue weighted by atomic mass is 32.2. The second-order valence-electron chi connectivity index (χ2n) is 4.89. The minimum Gasteiger partial charge on any atom is -0.329 e. The molecule has 0 aromatic rings. The van der Waals surface area contributed by atoms with Crippen LogP contribution in [0.5, 0.6) is 0 Å². The zero-order chi connectivity index (χ0) is 14.0.